The summed E-state index contributed by atoms with van der Waals surface area (Å²) in [5.41, 5.74) is 1.68. The van der Waals surface area contributed by atoms with Gasteiger partial charge in [0.05, 0.1) is 5.69 Å². The van der Waals surface area contributed by atoms with Gasteiger partial charge in [0, 0.05) is 24.4 Å². The van der Waals surface area contributed by atoms with Gasteiger partial charge in [-0.1, -0.05) is 6.42 Å². The summed E-state index contributed by atoms with van der Waals surface area (Å²) in [4.78, 5) is 22.5. The number of nitrogens with zero attached hydrogens (tertiary/aromatic N) is 2. The van der Waals surface area contributed by atoms with Gasteiger partial charge in [-0.25, -0.2) is 9.59 Å². The SMILES string of the molecule is CCN/C(C(=O)O)=C(/CCCCCn1nc(C)cc1C(=O)O)C(C)=N. The van der Waals surface area contributed by atoms with Crippen molar-refractivity contribution in [2.45, 2.75) is 53.0 Å². The fraction of sp³-hybridized carbons (Fsp3) is 0.529. The fourth-order valence-electron chi connectivity index (χ4n) is 2.62. The average Bonchev–Trinajstić information content (AvgIpc) is 2.89. The Balaban J connectivity index is 2.61. The number of carboxylic acid groups (broad SMARTS) is 2. The van der Waals surface area contributed by atoms with Crippen LogP contribution in [0.2, 0.25) is 0 Å². The lowest BCUT2D eigenvalue weighted by Crippen LogP contribution is -2.24. The van der Waals surface area contributed by atoms with Crippen LogP contribution in [0.25, 0.3) is 0 Å². The van der Waals surface area contributed by atoms with E-state index in [1.807, 2.05) is 6.92 Å². The first kappa shape index (κ1) is 20.4. The van der Waals surface area contributed by atoms with Crippen LogP contribution < -0.4 is 5.32 Å². The number of carbonyl (C=O) groups is 2. The molecule has 0 amide bonds. The van der Waals surface area contributed by atoms with Gasteiger partial charge in [-0.2, -0.15) is 5.10 Å². The lowest BCUT2D eigenvalue weighted by molar-refractivity contribution is -0.133. The maximum atomic E-state index is 11.3. The second-order valence-corrected chi connectivity index (χ2v) is 5.82. The molecule has 1 aromatic rings. The molecule has 0 saturated heterocycles. The lowest BCUT2D eigenvalue weighted by Gasteiger charge is -2.12. The van der Waals surface area contributed by atoms with Crippen molar-refractivity contribution in [1.29, 1.82) is 5.41 Å². The van der Waals surface area contributed by atoms with Crippen molar-refractivity contribution >= 4 is 17.7 Å². The molecular formula is C17H26N4O4. The Hall–Kier alpha value is -2.64. The standard InChI is InChI=1S/C17H26N4O4/c1-4-19-15(17(24)25)13(12(3)18)8-6-5-7-9-21-14(16(22)23)10-11(2)20-21/h10,18-19H,4-9H2,1-3H3,(H,22,23)(H,24,25)/b15-13-,18-12?. The first-order valence-electron chi connectivity index (χ1n) is 8.31. The molecule has 1 rings (SSSR count). The smallest absolute Gasteiger partial charge is 0.354 e. The van der Waals surface area contributed by atoms with Crippen LogP contribution in [0.15, 0.2) is 17.3 Å². The van der Waals surface area contributed by atoms with Crippen molar-refractivity contribution in [3.8, 4) is 0 Å². The highest BCUT2D eigenvalue weighted by Crippen LogP contribution is 2.15. The molecular weight excluding hydrogens is 324 g/mol. The Morgan fingerprint density at radius 1 is 1.28 bits per heavy atom. The average molecular weight is 350 g/mol. The highest BCUT2D eigenvalue weighted by molar-refractivity contribution is 6.03. The van der Waals surface area contributed by atoms with E-state index in [-0.39, 0.29) is 17.1 Å². The zero-order chi connectivity index (χ0) is 19.0. The number of likely N-dealkylation sites (N-methyl/N-ethyl adjacent to an activating group) is 1. The van der Waals surface area contributed by atoms with Crippen molar-refractivity contribution in [3.05, 3.63) is 28.7 Å². The van der Waals surface area contributed by atoms with Gasteiger partial charge in [-0.05, 0) is 46.1 Å². The minimum atomic E-state index is -1.05. The zero-order valence-corrected chi connectivity index (χ0v) is 14.9. The molecule has 4 N–H and O–H groups in total. The molecule has 0 unspecified atom stereocenters. The van der Waals surface area contributed by atoms with Crippen LogP contribution in [0.4, 0.5) is 0 Å². The minimum absolute atomic E-state index is 0.0888. The number of hydrogen-bond donors (Lipinski definition) is 4. The molecule has 25 heavy (non-hydrogen) atoms. The number of unbranched alkanes of at least 4 members (excludes halogenated alkanes) is 2. The van der Waals surface area contributed by atoms with E-state index >= 15 is 0 Å². The molecule has 1 aromatic heterocycles. The summed E-state index contributed by atoms with van der Waals surface area (Å²) in [7, 11) is 0. The number of rotatable bonds is 11. The van der Waals surface area contributed by atoms with E-state index in [0.717, 1.165) is 19.3 Å². The number of aryl methyl sites for hydroxylation is 2. The van der Waals surface area contributed by atoms with Crippen LogP contribution in [0.3, 0.4) is 0 Å². The molecule has 1 heterocycles. The molecule has 8 heteroatoms. The second-order valence-electron chi connectivity index (χ2n) is 5.82. The zero-order valence-electron chi connectivity index (χ0n) is 14.9. The van der Waals surface area contributed by atoms with Crippen LogP contribution in [-0.4, -0.2) is 44.2 Å². The third-order valence-electron chi connectivity index (χ3n) is 3.74. The number of aromatic nitrogens is 2. The number of aromatic carboxylic acids is 1. The van der Waals surface area contributed by atoms with Gasteiger partial charge < -0.3 is 20.9 Å². The van der Waals surface area contributed by atoms with E-state index in [0.29, 0.717) is 30.8 Å². The van der Waals surface area contributed by atoms with Crippen molar-refractivity contribution in [2.24, 2.45) is 0 Å². The normalized spacial score (nSPS) is 11.8. The molecule has 0 radical (unpaired) electrons. The maximum absolute atomic E-state index is 11.3. The van der Waals surface area contributed by atoms with Gasteiger partial charge in [-0.3, -0.25) is 4.68 Å². The number of nitrogens with one attached hydrogen (secondary N) is 2. The maximum Gasteiger partial charge on any atom is 0.354 e. The lowest BCUT2D eigenvalue weighted by atomic mass is 10.0. The Labute approximate surface area is 147 Å². The summed E-state index contributed by atoms with van der Waals surface area (Å²) in [6.45, 7) is 6.13. The van der Waals surface area contributed by atoms with Crippen LogP contribution in [0.1, 0.15) is 55.7 Å². The van der Waals surface area contributed by atoms with Gasteiger partial charge in [-0.15, -0.1) is 0 Å². The van der Waals surface area contributed by atoms with E-state index < -0.39 is 11.9 Å². The molecule has 0 saturated carbocycles. The Morgan fingerprint density at radius 2 is 1.96 bits per heavy atom. The van der Waals surface area contributed by atoms with Crippen LogP contribution in [0, 0.1) is 12.3 Å². The van der Waals surface area contributed by atoms with Gasteiger partial charge in [0.1, 0.15) is 11.4 Å². The third kappa shape index (κ3) is 6.06. The quantitative estimate of drug-likeness (QED) is 0.276. The van der Waals surface area contributed by atoms with E-state index in [1.54, 1.807) is 13.8 Å². The van der Waals surface area contributed by atoms with Crippen molar-refractivity contribution in [1.82, 2.24) is 15.1 Å². The first-order valence-corrected chi connectivity index (χ1v) is 8.31. The summed E-state index contributed by atoms with van der Waals surface area (Å²) in [6, 6.07) is 1.54. The van der Waals surface area contributed by atoms with E-state index in [1.165, 1.54) is 10.7 Å². The summed E-state index contributed by atoms with van der Waals surface area (Å²) < 4.78 is 1.48. The van der Waals surface area contributed by atoms with Crippen molar-refractivity contribution in [3.63, 3.8) is 0 Å². The van der Waals surface area contributed by atoms with Crippen LogP contribution in [0.5, 0.6) is 0 Å². The van der Waals surface area contributed by atoms with E-state index in [9.17, 15) is 14.7 Å². The molecule has 0 aliphatic rings. The highest BCUT2D eigenvalue weighted by atomic mass is 16.4. The van der Waals surface area contributed by atoms with Gasteiger partial charge >= 0.3 is 11.9 Å². The largest absolute Gasteiger partial charge is 0.477 e. The topological polar surface area (TPSA) is 128 Å². The fourth-order valence-corrected chi connectivity index (χ4v) is 2.62. The molecule has 0 aliphatic heterocycles. The molecule has 138 valence electrons. The number of hydrogen-bond acceptors (Lipinski definition) is 5. The number of carboxylic acids is 2. The van der Waals surface area contributed by atoms with E-state index in [4.69, 9.17) is 10.5 Å². The monoisotopic (exact) mass is 350 g/mol. The van der Waals surface area contributed by atoms with Crippen LogP contribution in [-0.2, 0) is 11.3 Å². The van der Waals surface area contributed by atoms with Crippen molar-refractivity contribution in [2.75, 3.05) is 6.54 Å². The molecule has 0 aromatic carbocycles. The third-order valence-corrected chi connectivity index (χ3v) is 3.74. The molecule has 0 aliphatic carbocycles. The summed E-state index contributed by atoms with van der Waals surface area (Å²) >= 11 is 0. The minimum Gasteiger partial charge on any atom is -0.477 e. The summed E-state index contributed by atoms with van der Waals surface area (Å²) in [5, 5.41) is 33.2. The first-order chi connectivity index (χ1) is 11.8. The predicted octanol–water partition coefficient (Wildman–Crippen LogP) is 2.44. The Bertz CT molecular complexity index is 676. The molecule has 0 fully saturated rings. The Kier molecular flexibility index (Phi) is 7.84. The van der Waals surface area contributed by atoms with Gasteiger partial charge in [0.25, 0.3) is 0 Å². The Morgan fingerprint density at radius 3 is 2.48 bits per heavy atom. The number of allylic oxidation sites excluding steroid dienone is 1. The highest BCUT2D eigenvalue weighted by Gasteiger charge is 2.15. The van der Waals surface area contributed by atoms with E-state index in [2.05, 4.69) is 10.4 Å². The summed E-state index contributed by atoms with van der Waals surface area (Å²) in [6.07, 6.45) is 2.73. The predicted molar refractivity (Wildman–Crippen MR) is 94.1 cm³/mol. The number of aliphatic carboxylic acids is 1. The molecule has 0 spiro atoms. The van der Waals surface area contributed by atoms with Gasteiger partial charge in [0.15, 0.2) is 0 Å². The molecule has 0 atom stereocenters. The molecule has 8 nitrogen and oxygen atoms in total. The molecule has 0 bridgehead atoms. The second kappa shape index (κ2) is 9.61. The van der Waals surface area contributed by atoms with Crippen LogP contribution >= 0.6 is 0 Å². The summed E-state index contributed by atoms with van der Waals surface area (Å²) in [5.74, 6) is -2.05. The van der Waals surface area contributed by atoms with Crippen molar-refractivity contribution < 1.29 is 19.8 Å². The van der Waals surface area contributed by atoms with Gasteiger partial charge in [0.2, 0.25) is 0 Å².